The van der Waals surface area contributed by atoms with E-state index in [1.54, 1.807) is 46.2 Å². The molecule has 6 rings (SSSR count). The predicted octanol–water partition coefficient (Wildman–Crippen LogP) is 14.3. The van der Waals surface area contributed by atoms with E-state index in [0.29, 0.717) is 22.8 Å². The maximum atomic E-state index is 16.0. The van der Waals surface area contributed by atoms with E-state index in [0.717, 1.165) is 46.5 Å². The largest absolute Gasteiger partial charge is 0.427 e. The predicted molar refractivity (Wildman–Crippen MR) is 240 cm³/mol. The van der Waals surface area contributed by atoms with Gasteiger partial charge in [-0.3, -0.25) is 19.7 Å². The van der Waals surface area contributed by atoms with Gasteiger partial charge in [-0.05, 0) is 113 Å². The summed E-state index contributed by atoms with van der Waals surface area (Å²) in [5.74, 6) is -11.1. The van der Waals surface area contributed by atoms with Crippen molar-refractivity contribution in [2.75, 3.05) is 0 Å². The highest BCUT2D eigenvalue weighted by Crippen LogP contribution is 2.52. The minimum atomic E-state index is -4.03. The average molecular weight is 913 g/mol. The Labute approximate surface area is 371 Å². The first-order chi connectivity index (χ1) is 29.8. The summed E-state index contributed by atoms with van der Waals surface area (Å²) in [4.78, 5) is 14.2. The first-order valence-corrected chi connectivity index (χ1v) is 26.8. The number of alkyl halides is 4. The standard InChI is InChI=1S/C25H25F3N2OSi.C24H22F4N2OSi/c1-17-7-10-19(11-8-17)20-12-14-23(30-16-20)24(27,28)25(29-3,31-32(4,5)6)21-13-9-18(2)15-22(21)26;1-16-6-8-17(9-7-16)18-10-13-22(30-15-18)23(27,28)24(29-2,31-32(3,4)5)20-12-11-19(25)14-21(20)26/h7-16H,1-2,4-6H3;6-15H,1,3-5H3/t25-;24-/m10/s1. The smallest absolute Gasteiger partial charge is 0.342 e. The lowest BCUT2D eigenvalue weighted by atomic mass is 9.92. The lowest BCUT2D eigenvalue weighted by molar-refractivity contribution is -0.162. The molecule has 2 heterocycles. The van der Waals surface area contributed by atoms with E-state index in [-0.39, 0.29) is 0 Å². The number of halogens is 7. The summed E-state index contributed by atoms with van der Waals surface area (Å²) < 4.78 is 118. The topological polar surface area (TPSA) is 53.0 Å². The number of hydrogen-bond acceptors (Lipinski definition) is 4. The minimum absolute atomic E-state index is 0.465. The van der Waals surface area contributed by atoms with E-state index in [1.165, 1.54) is 42.7 Å². The molecule has 15 heteroatoms. The Morgan fingerprint density at radius 2 is 0.812 bits per heavy atom. The second kappa shape index (κ2) is 18.6. The van der Waals surface area contributed by atoms with Crippen LogP contribution in [0.25, 0.3) is 31.9 Å². The monoisotopic (exact) mass is 912 g/mol. The van der Waals surface area contributed by atoms with Crippen LogP contribution in [0.4, 0.5) is 30.7 Å². The Kier molecular flexibility index (Phi) is 14.3. The molecule has 0 N–H and O–H groups in total. The van der Waals surface area contributed by atoms with Crippen molar-refractivity contribution >= 4 is 16.6 Å². The van der Waals surface area contributed by atoms with Gasteiger partial charge in [0.1, 0.15) is 40.0 Å². The molecular formula is C49H47F7N4O2Si2. The Balaban J connectivity index is 0.000000241. The summed E-state index contributed by atoms with van der Waals surface area (Å²) in [7, 11) is -5.56. The molecule has 0 saturated carbocycles. The third kappa shape index (κ3) is 10.3. The molecule has 0 aliphatic rings. The van der Waals surface area contributed by atoms with E-state index in [9.17, 15) is 13.2 Å². The fourth-order valence-electron chi connectivity index (χ4n) is 6.77. The fraction of sp³-hybridized carbons (Fsp3) is 0.265. The van der Waals surface area contributed by atoms with Crippen molar-refractivity contribution in [3.63, 3.8) is 0 Å². The molecule has 0 fully saturated rings. The number of rotatable bonds is 12. The van der Waals surface area contributed by atoms with Crippen molar-refractivity contribution in [2.45, 2.75) is 83.3 Å². The zero-order valence-corrected chi connectivity index (χ0v) is 38.8. The Hall–Kier alpha value is -5.98. The highest BCUT2D eigenvalue weighted by Gasteiger charge is 2.69. The van der Waals surface area contributed by atoms with Gasteiger partial charge in [0.2, 0.25) is 0 Å². The fourth-order valence-corrected chi connectivity index (χ4v) is 9.11. The zero-order valence-electron chi connectivity index (χ0n) is 36.8. The molecule has 0 aliphatic carbocycles. The summed E-state index contributed by atoms with van der Waals surface area (Å²) in [6.45, 7) is 30.8. The molecule has 6 nitrogen and oxygen atoms in total. The Morgan fingerprint density at radius 3 is 1.12 bits per heavy atom. The molecule has 0 unspecified atom stereocenters. The van der Waals surface area contributed by atoms with E-state index in [2.05, 4.69) is 19.7 Å². The van der Waals surface area contributed by atoms with Crippen LogP contribution >= 0.6 is 0 Å². The first-order valence-electron chi connectivity index (χ1n) is 20.0. The van der Waals surface area contributed by atoms with E-state index < -0.39 is 79.9 Å². The summed E-state index contributed by atoms with van der Waals surface area (Å²) in [5.41, 5.74) is -2.94. The van der Waals surface area contributed by atoms with Gasteiger partial charge in [0.25, 0.3) is 0 Å². The van der Waals surface area contributed by atoms with Crippen LogP contribution in [-0.4, -0.2) is 26.6 Å². The number of benzene rings is 4. The van der Waals surface area contributed by atoms with Crippen LogP contribution in [0.15, 0.2) is 122 Å². The number of aryl methyl sites for hydroxylation is 3. The van der Waals surface area contributed by atoms with Crippen LogP contribution in [0.3, 0.4) is 0 Å². The molecule has 64 heavy (non-hydrogen) atoms. The number of pyridine rings is 2. The quantitative estimate of drug-likeness (QED) is 0.0697. The molecule has 0 saturated heterocycles. The van der Waals surface area contributed by atoms with E-state index in [1.807, 2.05) is 62.4 Å². The number of aromatic nitrogens is 2. The first kappa shape index (κ1) is 49.0. The molecule has 0 amide bonds. The van der Waals surface area contributed by atoms with Crippen molar-refractivity contribution in [3.05, 3.63) is 201 Å². The van der Waals surface area contributed by atoms with Gasteiger partial charge in [-0.25, -0.2) is 26.3 Å². The highest BCUT2D eigenvalue weighted by atomic mass is 28.4. The number of hydrogen-bond donors (Lipinski definition) is 0. The van der Waals surface area contributed by atoms with Crippen molar-refractivity contribution in [2.24, 2.45) is 0 Å². The van der Waals surface area contributed by atoms with E-state index >= 15 is 17.6 Å². The number of nitrogens with zero attached hydrogens (tertiary/aromatic N) is 4. The molecule has 2 atom stereocenters. The van der Waals surface area contributed by atoms with Gasteiger partial charge in [-0.2, -0.15) is 17.6 Å². The van der Waals surface area contributed by atoms with Gasteiger partial charge in [-0.1, -0.05) is 77.9 Å². The van der Waals surface area contributed by atoms with Crippen molar-refractivity contribution in [1.29, 1.82) is 0 Å². The van der Waals surface area contributed by atoms with Crippen LogP contribution < -0.4 is 0 Å². The van der Waals surface area contributed by atoms with Gasteiger partial charge in [0.05, 0.1) is 0 Å². The molecule has 0 radical (unpaired) electrons. The third-order valence-corrected chi connectivity index (χ3v) is 11.6. The maximum absolute atomic E-state index is 16.0. The second-order valence-corrected chi connectivity index (χ2v) is 26.2. The molecule has 0 aliphatic heterocycles. The Morgan fingerprint density at radius 1 is 0.469 bits per heavy atom. The van der Waals surface area contributed by atoms with E-state index in [4.69, 9.17) is 22.0 Å². The zero-order chi connectivity index (χ0) is 47.5. The van der Waals surface area contributed by atoms with Crippen LogP contribution in [-0.2, 0) is 32.1 Å². The molecule has 2 aromatic heterocycles. The van der Waals surface area contributed by atoms with Crippen molar-refractivity contribution in [1.82, 2.24) is 9.97 Å². The van der Waals surface area contributed by atoms with Gasteiger partial charge < -0.3 is 8.85 Å². The lowest BCUT2D eigenvalue weighted by Crippen LogP contribution is -2.50. The van der Waals surface area contributed by atoms with Gasteiger partial charge in [-0.15, -0.1) is 0 Å². The van der Waals surface area contributed by atoms with Crippen molar-refractivity contribution < 1.29 is 39.6 Å². The van der Waals surface area contributed by atoms with Gasteiger partial charge >= 0.3 is 23.3 Å². The molecule has 6 aromatic rings. The molecule has 0 bridgehead atoms. The maximum Gasteiger partial charge on any atom is 0.427 e. The molecule has 332 valence electrons. The minimum Gasteiger partial charge on any atom is -0.342 e. The van der Waals surface area contributed by atoms with Gasteiger partial charge in [0.15, 0.2) is 16.6 Å². The molecule has 0 spiro atoms. The van der Waals surface area contributed by atoms with Gasteiger partial charge in [0, 0.05) is 29.6 Å². The van der Waals surface area contributed by atoms with Crippen molar-refractivity contribution in [3.8, 4) is 22.3 Å². The molecular weight excluding hydrogens is 866 g/mol. The summed E-state index contributed by atoms with van der Waals surface area (Å²) in [5, 5.41) is 0. The normalized spacial score (nSPS) is 14.0. The third-order valence-electron chi connectivity index (χ3n) is 9.80. The van der Waals surface area contributed by atoms with Crippen LogP contribution in [0.2, 0.25) is 39.3 Å². The summed E-state index contributed by atoms with van der Waals surface area (Å²) in [6, 6.07) is 26.3. The average Bonchev–Trinajstić information content (AvgIpc) is 3.22. The lowest BCUT2D eigenvalue weighted by Gasteiger charge is -2.34. The SMILES string of the molecule is [C-]#[N+][C@@](O[Si](C)(C)C)(c1ccc(C)cc1F)C(F)(F)c1ccc(-c2ccc(C)cc2)cn1.[C-]#[N+][C@](O[Si](C)(C)C)(c1ccc(F)cc1F)C(F)(F)c1ccc(-c2ccc(C)cc2)cn1. The van der Waals surface area contributed by atoms with Crippen LogP contribution in [0.5, 0.6) is 0 Å². The van der Waals surface area contributed by atoms with Crippen LogP contribution in [0, 0.1) is 51.4 Å². The summed E-state index contributed by atoms with van der Waals surface area (Å²) in [6.07, 6.45) is 2.61. The Bertz CT molecular complexity index is 2490. The molecule has 4 aromatic carbocycles. The second-order valence-electron chi connectivity index (χ2n) is 17.3. The van der Waals surface area contributed by atoms with Crippen LogP contribution in [0.1, 0.15) is 39.2 Å². The summed E-state index contributed by atoms with van der Waals surface area (Å²) >= 11 is 0. The highest BCUT2D eigenvalue weighted by molar-refractivity contribution is 6.70.